The van der Waals surface area contributed by atoms with E-state index in [1.807, 2.05) is 35.2 Å². The first-order valence-electron chi connectivity index (χ1n) is 10.9. The van der Waals surface area contributed by atoms with Gasteiger partial charge in [0, 0.05) is 56.1 Å². The van der Waals surface area contributed by atoms with E-state index in [0.717, 1.165) is 32.4 Å². The van der Waals surface area contributed by atoms with Gasteiger partial charge in [-0.3, -0.25) is 9.59 Å². The number of hydrogen-bond donors (Lipinski definition) is 1. The fourth-order valence-electron chi connectivity index (χ4n) is 4.09. The van der Waals surface area contributed by atoms with E-state index < -0.39 is 0 Å². The number of rotatable bonds is 3. The maximum Gasteiger partial charge on any atom is 0.321 e. The highest BCUT2D eigenvalue weighted by Gasteiger charge is 2.23. The summed E-state index contributed by atoms with van der Waals surface area (Å²) in [7, 11) is 0. The molecule has 0 radical (unpaired) electrons. The van der Waals surface area contributed by atoms with Crippen molar-refractivity contribution in [2.75, 3.05) is 44.6 Å². The van der Waals surface area contributed by atoms with E-state index in [9.17, 15) is 14.4 Å². The van der Waals surface area contributed by atoms with Crippen LogP contribution in [0.5, 0.6) is 0 Å². The van der Waals surface area contributed by atoms with Crippen molar-refractivity contribution in [2.45, 2.75) is 19.3 Å². The molecule has 1 N–H and O–H groups in total. The van der Waals surface area contributed by atoms with Crippen LogP contribution in [0.4, 0.5) is 10.5 Å². The molecule has 162 valence electrons. The normalized spacial score (nSPS) is 16.7. The van der Waals surface area contributed by atoms with Gasteiger partial charge in [-0.2, -0.15) is 0 Å². The number of nitrogens with one attached hydrogen (secondary N) is 1. The van der Waals surface area contributed by atoms with Crippen molar-refractivity contribution in [3.8, 4) is 0 Å². The van der Waals surface area contributed by atoms with Crippen molar-refractivity contribution in [3.63, 3.8) is 0 Å². The molecule has 31 heavy (non-hydrogen) atoms. The standard InChI is InChI=1S/C24H28N4O3/c29-22(19-7-2-1-3-8-19)27-15-6-16-28(18-17-27)24(31)25-21-11-9-20(10-12-21)23(30)26-13-4-5-14-26/h1-3,7-12H,4-6,13-18H2,(H,25,31). The zero-order chi connectivity index (χ0) is 21.6. The third kappa shape index (κ3) is 5.05. The monoisotopic (exact) mass is 420 g/mol. The lowest BCUT2D eigenvalue weighted by Crippen LogP contribution is -2.39. The molecule has 7 nitrogen and oxygen atoms in total. The van der Waals surface area contributed by atoms with E-state index in [2.05, 4.69) is 5.32 Å². The summed E-state index contributed by atoms with van der Waals surface area (Å²) in [6, 6.07) is 16.1. The van der Waals surface area contributed by atoms with E-state index >= 15 is 0 Å². The molecule has 0 spiro atoms. The van der Waals surface area contributed by atoms with Crippen molar-refractivity contribution < 1.29 is 14.4 Å². The molecule has 0 bridgehead atoms. The van der Waals surface area contributed by atoms with E-state index in [0.29, 0.717) is 43.0 Å². The maximum absolute atomic E-state index is 12.7. The maximum atomic E-state index is 12.7. The molecule has 7 heteroatoms. The van der Waals surface area contributed by atoms with E-state index in [1.165, 1.54) is 0 Å². The van der Waals surface area contributed by atoms with Crippen molar-refractivity contribution in [1.82, 2.24) is 14.7 Å². The van der Waals surface area contributed by atoms with Crippen LogP contribution in [0.2, 0.25) is 0 Å². The third-order valence-corrected chi connectivity index (χ3v) is 5.87. The van der Waals surface area contributed by atoms with Gasteiger partial charge in [0.15, 0.2) is 0 Å². The largest absolute Gasteiger partial charge is 0.339 e. The van der Waals surface area contributed by atoms with Gasteiger partial charge >= 0.3 is 6.03 Å². The summed E-state index contributed by atoms with van der Waals surface area (Å²) < 4.78 is 0. The lowest BCUT2D eigenvalue weighted by molar-refractivity contribution is 0.0761. The summed E-state index contributed by atoms with van der Waals surface area (Å²) in [5.41, 5.74) is 1.97. The zero-order valence-corrected chi connectivity index (χ0v) is 17.6. The lowest BCUT2D eigenvalue weighted by Gasteiger charge is -2.22. The topological polar surface area (TPSA) is 73.0 Å². The Morgan fingerprint density at radius 3 is 1.77 bits per heavy atom. The summed E-state index contributed by atoms with van der Waals surface area (Å²) >= 11 is 0. The average molecular weight is 421 g/mol. The minimum absolute atomic E-state index is 0.00103. The van der Waals surface area contributed by atoms with Crippen LogP contribution in [0.3, 0.4) is 0 Å². The molecule has 2 heterocycles. The Hall–Kier alpha value is -3.35. The average Bonchev–Trinajstić information content (AvgIpc) is 3.23. The number of likely N-dealkylation sites (tertiary alicyclic amines) is 1. The minimum atomic E-state index is -0.187. The summed E-state index contributed by atoms with van der Waals surface area (Å²) in [6.07, 6.45) is 2.85. The third-order valence-electron chi connectivity index (χ3n) is 5.87. The van der Waals surface area contributed by atoms with Crippen LogP contribution in [-0.4, -0.2) is 71.8 Å². The van der Waals surface area contributed by atoms with E-state index in [1.54, 1.807) is 34.1 Å². The summed E-state index contributed by atoms with van der Waals surface area (Å²) in [5, 5.41) is 2.91. The smallest absolute Gasteiger partial charge is 0.321 e. The Labute approximate surface area is 182 Å². The number of hydrogen-bond acceptors (Lipinski definition) is 3. The predicted molar refractivity (Wildman–Crippen MR) is 119 cm³/mol. The number of nitrogens with zero attached hydrogens (tertiary/aromatic N) is 3. The second kappa shape index (κ2) is 9.64. The van der Waals surface area contributed by atoms with Gasteiger partial charge in [-0.25, -0.2) is 4.79 Å². The van der Waals surface area contributed by atoms with Crippen LogP contribution < -0.4 is 5.32 Å². The van der Waals surface area contributed by atoms with E-state index in [4.69, 9.17) is 0 Å². The number of carbonyl (C=O) groups is 3. The molecule has 0 aliphatic carbocycles. The Bertz CT molecular complexity index is 924. The Morgan fingerprint density at radius 1 is 0.581 bits per heavy atom. The Morgan fingerprint density at radius 2 is 1.10 bits per heavy atom. The number of urea groups is 1. The molecule has 2 fully saturated rings. The Balaban J connectivity index is 1.31. The van der Waals surface area contributed by atoms with Crippen LogP contribution >= 0.6 is 0 Å². The molecule has 2 aromatic rings. The number of amides is 4. The minimum Gasteiger partial charge on any atom is -0.339 e. The van der Waals surface area contributed by atoms with Crippen molar-refractivity contribution >= 4 is 23.5 Å². The summed E-state index contributed by atoms with van der Waals surface area (Å²) in [4.78, 5) is 43.3. The van der Waals surface area contributed by atoms with Gasteiger partial charge in [0.05, 0.1) is 0 Å². The molecule has 2 aliphatic heterocycles. The highest BCUT2D eigenvalue weighted by molar-refractivity contribution is 5.96. The molecule has 0 aromatic heterocycles. The fourth-order valence-corrected chi connectivity index (χ4v) is 4.09. The van der Waals surface area contributed by atoms with Crippen molar-refractivity contribution in [2.24, 2.45) is 0 Å². The highest BCUT2D eigenvalue weighted by atomic mass is 16.2. The number of carbonyl (C=O) groups excluding carboxylic acids is 3. The first-order valence-corrected chi connectivity index (χ1v) is 10.9. The molecule has 2 aliphatic rings. The predicted octanol–water partition coefficient (Wildman–Crippen LogP) is 3.30. The fraction of sp³-hybridized carbons (Fsp3) is 0.375. The van der Waals surface area contributed by atoms with Crippen LogP contribution in [0.25, 0.3) is 0 Å². The molecule has 0 saturated carbocycles. The quantitative estimate of drug-likeness (QED) is 0.828. The van der Waals surface area contributed by atoms with Crippen LogP contribution in [0, 0.1) is 0 Å². The Kier molecular flexibility index (Phi) is 6.50. The second-order valence-corrected chi connectivity index (χ2v) is 8.01. The molecule has 0 atom stereocenters. The van der Waals surface area contributed by atoms with Crippen molar-refractivity contribution in [3.05, 3.63) is 65.7 Å². The molecular formula is C24H28N4O3. The SMILES string of the molecule is O=C(Nc1ccc(C(=O)N2CCCC2)cc1)N1CCCN(C(=O)c2ccccc2)CC1. The van der Waals surface area contributed by atoms with Gasteiger partial charge in [0.2, 0.25) is 0 Å². The first-order chi connectivity index (χ1) is 15.1. The first kappa shape index (κ1) is 20.9. The lowest BCUT2D eigenvalue weighted by atomic mass is 10.2. The summed E-state index contributed by atoms with van der Waals surface area (Å²) in [5.74, 6) is 0.0483. The number of anilines is 1. The summed E-state index contributed by atoms with van der Waals surface area (Å²) in [6.45, 7) is 3.84. The van der Waals surface area contributed by atoms with Gasteiger partial charge in [-0.05, 0) is 55.7 Å². The van der Waals surface area contributed by atoms with Gasteiger partial charge < -0.3 is 20.0 Å². The van der Waals surface area contributed by atoms with Gasteiger partial charge in [0.25, 0.3) is 11.8 Å². The second-order valence-electron chi connectivity index (χ2n) is 8.01. The molecule has 2 saturated heterocycles. The van der Waals surface area contributed by atoms with Crippen LogP contribution in [0.15, 0.2) is 54.6 Å². The zero-order valence-electron chi connectivity index (χ0n) is 17.6. The van der Waals surface area contributed by atoms with E-state index in [-0.39, 0.29) is 17.8 Å². The molecule has 4 rings (SSSR count). The molecule has 2 aromatic carbocycles. The molecule has 0 unspecified atom stereocenters. The van der Waals surface area contributed by atoms with Gasteiger partial charge in [-0.1, -0.05) is 18.2 Å². The van der Waals surface area contributed by atoms with Gasteiger partial charge in [-0.15, -0.1) is 0 Å². The number of benzene rings is 2. The highest BCUT2D eigenvalue weighted by Crippen LogP contribution is 2.16. The molecular weight excluding hydrogens is 392 g/mol. The molecule has 4 amide bonds. The van der Waals surface area contributed by atoms with Crippen molar-refractivity contribution in [1.29, 1.82) is 0 Å². The van der Waals surface area contributed by atoms with Crippen LogP contribution in [-0.2, 0) is 0 Å². The van der Waals surface area contributed by atoms with Gasteiger partial charge in [0.1, 0.15) is 0 Å². The van der Waals surface area contributed by atoms with Crippen LogP contribution in [0.1, 0.15) is 40.0 Å².